The first-order valence-corrected chi connectivity index (χ1v) is 11.4. The molecule has 1 amide bonds. The number of rotatable bonds is 4. The van der Waals surface area contributed by atoms with E-state index in [4.69, 9.17) is 4.74 Å². The molecule has 0 aliphatic carbocycles. The largest absolute Gasteiger partial charge is 0.378 e. The number of amides is 1. The molecule has 1 aliphatic heterocycles. The lowest BCUT2D eigenvalue weighted by molar-refractivity contribution is 0.0303. The molecule has 162 valence electrons. The summed E-state index contributed by atoms with van der Waals surface area (Å²) in [6, 6.07) is 8.68. The Balaban J connectivity index is 1.52. The number of aromatic nitrogens is 4. The maximum atomic E-state index is 13.1. The van der Waals surface area contributed by atoms with Crippen LogP contribution in [-0.2, 0) is 4.74 Å². The highest BCUT2D eigenvalue weighted by atomic mass is 32.2. The van der Waals surface area contributed by atoms with Crippen LogP contribution in [0, 0.1) is 5.82 Å². The quantitative estimate of drug-likeness (QED) is 0.441. The van der Waals surface area contributed by atoms with Crippen molar-refractivity contribution in [1.82, 2.24) is 24.4 Å². The maximum absolute atomic E-state index is 13.1. The van der Waals surface area contributed by atoms with Gasteiger partial charge >= 0.3 is 0 Å². The summed E-state index contributed by atoms with van der Waals surface area (Å²) in [5, 5.41) is 1.03. The van der Waals surface area contributed by atoms with Gasteiger partial charge in [-0.3, -0.25) is 14.3 Å². The summed E-state index contributed by atoms with van der Waals surface area (Å²) >= 11 is 1.62. The summed E-state index contributed by atoms with van der Waals surface area (Å²) in [4.78, 5) is 29.0. The second-order valence-corrected chi connectivity index (χ2v) is 8.19. The van der Waals surface area contributed by atoms with E-state index in [2.05, 4.69) is 15.0 Å². The van der Waals surface area contributed by atoms with Gasteiger partial charge in [-0.15, -0.1) is 11.8 Å². The maximum Gasteiger partial charge on any atom is 0.254 e. The standard InChI is InChI=1S/C23H20FN5O2S/c1-32-21-14-29(23-26-11-16(12-27-23)19-5-3-17(24)13-25-19)20-10-15(2-4-18(20)21)22(30)28-6-8-31-9-7-28/h2-5,10-14H,6-9H2,1H3. The lowest BCUT2D eigenvalue weighted by Crippen LogP contribution is -2.40. The average molecular weight is 450 g/mol. The van der Waals surface area contributed by atoms with Crippen LogP contribution in [0.15, 0.2) is 60.0 Å². The number of hydrogen-bond donors (Lipinski definition) is 0. The Hall–Kier alpha value is -3.30. The molecule has 0 unspecified atom stereocenters. The van der Waals surface area contributed by atoms with Crippen LogP contribution >= 0.6 is 11.8 Å². The molecule has 0 radical (unpaired) electrons. The first-order chi connectivity index (χ1) is 15.6. The van der Waals surface area contributed by atoms with Gasteiger partial charge in [0.2, 0.25) is 5.95 Å². The zero-order valence-electron chi connectivity index (χ0n) is 17.4. The Morgan fingerprint density at radius 1 is 1.06 bits per heavy atom. The fourth-order valence-electron chi connectivity index (χ4n) is 3.73. The van der Waals surface area contributed by atoms with Crippen LogP contribution in [0.5, 0.6) is 0 Å². The number of carbonyl (C=O) groups is 1. The summed E-state index contributed by atoms with van der Waals surface area (Å²) in [5.41, 5.74) is 2.77. The van der Waals surface area contributed by atoms with E-state index in [-0.39, 0.29) is 5.91 Å². The number of fused-ring (bicyclic) bond motifs is 1. The molecule has 4 aromatic rings. The van der Waals surface area contributed by atoms with Crippen molar-refractivity contribution < 1.29 is 13.9 Å². The molecule has 3 aromatic heterocycles. The molecule has 0 bridgehead atoms. The van der Waals surface area contributed by atoms with Crippen molar-refractivity contribution in [2.45, 2.75) is 4.90 Å². The molecule has 1 aliphatic rings. The molecule has 1 fully saturated rings. The lowest BCUT2D eigenvalue weighted by atomic mass is 10.1. The molecule has 5 rings (SSSR count). The SMILES string of the molecule is CSc1cn(-c2ncc(-c3ccc(F)cn3)cn2)c2cc(C(=O)N3CCOCC3)ccc12. The Kier molecular flexibility index (Phi) is 5.59. The minimum Gasteiger partial charge on any atom is -0.378 e. The first kappa shape index (κ1) is 20.6. The predicted molar refractivity (Wildman–Crippen MR) is 121 cm³/mol. The first-order valence-electron chi connectivity index (χ1n) is 10.1. The lowest BCUT2D eigenvalue weighted by Gasteiger charge is -2.26. The molecule has 1 aromatic carbocycles. The summed E-state index contributed by atoms with van der Waals surface area (Å²) in [6.45, 7) is 2.31. The molecular formula is C23H20FN5O2S. The molecule has 32 heavy (non-hydrogen) atoms. The molecule has 9 heteroatoms. The third-order valence-corrected chi connectivity index (χ3v) is 6.18. The number of morpholine rings is 1. The van der Waals surface area contributed by atoms with E-state index in [0.29, 0.717) is 49.1 Å². The van der Waals surface area contributed by atoms with Crippen LogP contribution in [0.2, 0.25) is 0 Å². The van der Waals surface area contributed by atoms with Gasteiger partial charge in [-0.25, -0.2) is 14.4 Å². The van der Waals surface area contributed by atoms with Crippen LogP contribution in [0.4, 0.5) is 4.39 Å². The zero-order valence-corrected chi connectivity index (χ0v) is 18.2. The van der Waals surface area contributed by atoms with Gasteiger partial charge in [0, 0.05) is 53.1 Å². The number of carbonyl (C=O) groups excluding carboxylic acids is 1. The van der Waals surface area contributed by atoms with E-state index >= 15 is 0 Å². The molecule has 1 saturated heterocycles. The molecule has 0 spiro atoms. The molecule has 4 heterocycles. The minimum absolute atomic E-state index is 0.00713. The highest BCUT2D eigenvalue weighted by Gasteiger charge is 2.20. The van der Waals surface area contributed by atoms with Crippen molar-refractivity contribution in [2.24, 2.45) is 0 Å². The van der Waals surface area contributed by atoms with Gasteiger partial charge in [0.25, 0.3) is 5.91 Å². The summed E-state index contributed by atoms with van der Waals surface area (Å²) in [5.74, 6) is 0.0848. The second-order valence-electron chi connectivity index (χ2n) is 7.34. The van der Waals surface area contributed by atoms with E-state index < -0.39 is 5.82 Å². The van der Waals surface area contributed by atoms with Crippen molar-refractivity contribution in [3.05, 3.63) is 66.5 Å². The van der Waals surface area contributed by atoms with Gasteiger partial charge in [-0.2, -0.15) is 0 Å². The van der Waals surface area contributed by atoms with Crippen LogP contribution < -0.4 is 0 Å². The van der Waals surface area contributed by atoms with E-state index in [1.807, 2.05) is 40.1 Å². The summed E-state index contributed by atoms with van der Waals surface area (Å²) in [7, 11) is 0. The number of hydrogen-bond acceptors (Lipinski definition) is 6. The highest BCUT2D eigenvalue weighted by molar-refractivity contribution is 7.98. The number of nitrogens with zero attached hydrogens (tertiary/aromatic N) is 5. The average Bonchev–Trinajstić information content (AvgIpc) is 3.23. The van der Waals surface area contributed by atoms with Gasteiger partial charge in [0.05, 0.1) is 30.6 Å². The topological polar surface area (TPSA) is 73.1 Å². The number of ether oxygens (including phenoxy) is 1. The van der Waals surface area contributed by atoms with Crippen molar-refractivity contribution in [3.63, 3.8) is 0 Å². The molecule has 0 saturated carbocycles. The minimum atomic E-state index is -0.392. The third kappa shape index (κ3) is 3.85. The van der Waals surface area contributed by atoms with Crippen molar-refractivity contribution >= 4 is 28.6 Å². The van der Waals surface area contributed by atoms with Crippen LogP contribution in [-0.4, -0.2) is 62.9 Å². The van der Waals surface area contributed by atoms with Crippen molar-refractivity contribution in [1.29, 1.82) is 0 Å². The zero-order chi connectivity index (χ0) is 22.1. The van der Waals surface area contributed by atoms with Gasteiger partial charge in [0.1, 0.15) is 5.82 Å². The highest BCUT2D eigenvalue weighted by Crippen LogP contribution is 2.31. The third-order valence-electron chi connectivity index (χ3n) is 5.41. The Labute approximate surface area is 188 Å². The van der Waals surface area contributed by atoms with Crippen LogP contribution in [0.25, 0.3) is 28.1 Å². The van der Waals surface area contributed by atoms with Gasteiger partial charge in [0.15, 0.2) is 0 Å². The number of thioether (sulfide) groups is 1. The van der Waals surface area contributed by atoms with E-state index in [1.165, 1.54) is 12.3 Å². The van der Waals surface area contributed by atoms with Gasteiger partial charge in [-0.05, 0) is 30.5 Å². The van der Waals surface area contributed by atoms with Gasteiger partial charge in [-0.1, -0.05) is 6.07 Å². The Morgan fingerprint density at radius 2 is 1.84 bits per heavy atom. The van der Waals surface area contributed by atoms with Crippen molar-refractivity contribution in [3.8, 4) is 17.2 Å². The van der Waals surface area contributed by atoms with E-state index in [9.17, 15) is 9.18 Å². The summed E-state index contributed by atoms with van der Waals surface area (Å²) < 4.78 is 20.4. The Bertz CT molecular complexity index is 1270. The van der Waals surface area contributed by atoms with E-state index in [1.54, 1.807) is 30.2 Å². The fraction of sp³-hybridized carbons (Fsp3) is 0.217. The number of pyridine rings is 1. The smallest absolute Gasteiger partial charge is 0.254 e. The van der Waals surface area contributed by atoms with Gasteiger partial charge < -0.3 is 9.64 Å². The monoisotopic (exact) mass is 449 g/mol. The van der Waals surface area contributed by atoms with Crippen LogP contribution in [0.1, 0.15) is 10.4 Å². The van der Waals surface area contributed by atoms with E-state index in [0.717, 1.165) is 15.8 Å². The molecular weight excluding hydrogens is 429 g/mol. The summed E-state index contributed by atoms with van der Waals surface area (Å²) in [6.07, 6.45) is 8.48. The molecule has 7 nitrogen and oxygen atoms in total. The van der Waals surface area contributed by atoms with Crippen molar-refractivity contribution in [2.75, 3.05) is 32.6 Å². The predicted octanol–water partition coefficient (Wildman–Crippen LogP) is 3.82. The fourth-order valence-corrected chi connectivity index (χ4v) is 4.33. The normalized spacial score (nSPS) is 14.1. The van der Waals surface area contributed by atoms with Crippen LogP contribution in [0.3, 0.4) is 0 Å². The number of halogens is 1. The molecule has 0 atom stereocenters. The Morgan fingerprint density at radius 3 is 2.53 bits per heavy atom. The number of benzene rings is 1. The second kappa shape index (κ2) is 8.68. The molecule has 0 N–H and O–H groups in total.